The Morgan fingerprint density at radius 2 is 1.81 bits per heavy atom. The minimum atomic E-state index is -0.326. The average Bonchev–Trinajstić information content (AvgIpc) is 2.71. The van der Waals surface area contributed by atoms with Gasteiger partial charge in [0.2, 0.25) is 0 Å². The van der Waals surface area contributed by atoms with Crippen LogP contribution in [-0.4, -0.2) is 15.7 Å². The first-order chi connectivity index (χ1) is 9.84. The molecule has 3 nitrogen and oxygen atoms in total. The second-order valence-corrected chi connectivity index (χ2v) is 7.16. The predicted octanol–water partition coefficient (Wildman–Crippen LogP) is 3.86. The Morgan fingerprint density at radius 1 is 1.05 bits per heavy atom. The molecular weight excluding hydrogens is 282 g/mol. The maximum Gasteiger partial charge on any atom is 0.0830 e. The van der Waals surface area contributed by atoms with Crippen LogP contribution in [0.15, 0.2) is 29.5 Å². The van der Waals surface area contributed by atoms with E-state index in [1.165, 1.54) is 0 Å². The van der Waals surface area contributed by atoms with Crippen molar-refractivity contribution in [2.45, 2.75) is 38.6 Å². The summed E-state index contributed by atoms with van der Waals surface area (Å²) in [6, 6.07) is 4.06. The van der Waals surface area contributed by atoms with Gasteiger partial charge in [0, 0.05) is 29.1 Å². The fourth-order valence-electron chi connectivity index (χ4n) is 3.58. The van der Waals surface area contributed by atoms with Crippen LogP contribution >= 0.6 is 11.6 Å². The molecule has 1 aliphatic carbocycles. The van der Waals surface area contributed by atoms with Gasteiger partial charge in [0.25, 0.3) is 0 Å². The number of hydrogen-bond acceptors (Lipinski definition) is 3. The van der Waals surface area contributed by atoms with Gasteiger partial charge in [-0.15, -0.1) is 0 Å². The highest BCUT2D eigenvalue weighted by molar-refractivity contribution is 6.33. The number of hydrogen-bond donors (Lipinski definition) is 0. The van der Waals surface area contributed by atoms with Gasteiger partial charge < -0.3 is 0 Å². The quantitative estimate of drug-likeness (QED) is 0.740. The van der Waals surface area contributed by atoms with Crippen molar-refractivity contribution in [3.8, 4) is 0 Å². The van der Waals surface area contributed by atoms with Gasteiger partial charge in [-0.25, -0.2) is 0 Å². The number of fused-ring (bicyclic) bond motifs is 2. The van der Waals surface area contributed by atoms with Gasteiger partial charge in [-0.05, 0) is 39.8 Å². The molecule has 0 atom stereocenters. The summed E-state index contributed by atoms with van der Waals surface area (Å²) in [6.07, 6.45) is 3.59. The van der Waals surface area contributed by atoms with Gasteiger partial charge in [0.15, 0.2) is 0 Å². The Hall–Kier alpha value is -1.74. The van der Waals surface area contributed by atoms with Crippen molar-refractivity contribution in [2.75, 3.05) is 0 Å². The number of aliphatic imine (C=N–C) groups is 1. The van der Waals surface area contributed by atoms with Crippen LogP contribution in [0.5, 0.6) is 0 Å². The van der Waals surface area contributed by atoms with Crippen molar-refractivity contribution in [1.29, 1.82) is 0 Å². The lowest BCUT2D eigenvalue weighted by Crippen LogP contribution is -2.33. The lowest BCUT2D eigenvalue weighted by molar-refractivity contribution is 0.564. The van der Waals surface area contributed by atoms with Crippen LogP contribution in [0.3, 0.4) is 0 Å². The third kappa shape index (κ3) is 1.47. The molecule has 2 aliphatic rings. The summed E-state index contributed by atoms with van der Waals surface area (Å²) in [4.78, 5) is 14.2. The fourth-order valence-corrected chi connectivity index (χ4v) is 3.96. The molecule has 0 aromatic carbocycles. The Labute approximate surface area is 129 Å². The predicted molar refractivity (Wildman–Crippen MR) is 84.3 cm³/mol. The number of aromatic nitrogens is 2. The van der Waals surface area contributed by atoms with Crippen LogP contribution in [0.4, 0.5) is 0 Å². The van der Waals surface area contributed by atoms with Crippen LogP contribution < -0.4 is 0 Å². The van der Waals surface area contributed by atoms with E-state index >= 15 is 0 Å². The normalized spacial score (nSPS) is 19.8. The number of halogens is 1. The minimum absolute atomic E-state index is 0.245. The molecule has 0 amide bonds. The number of pyridine rings is 2. The van der Waals surface area contributed by atoms with Crippen LogP contribution in [0.2, 0.25) is 5.02 Å². The van der Waals surface area contributed by atoms with E-state index in [4.69, 9.17) is 16.6 Å². The topological polar surface area (TPSA) is 38.1 Å². The van der Waals surface area contributed by atoms with Crippen molar-refractivity contribution < 1.29 is 0 Å². The summed E-state index contributed by atoms with van der Waals surface area (Å²) in [5.74, 6) is 0. The number of nitrogens with zero attached hydrogens (tertiary/aromatic N) is 3. The second-order valence-electron chi connectivity index (χ2n) is 6.75. The molecule has 4 rings (SSSR count). The molecule has 0 radical (unpaired) electrons. The Kier molecular flexibility index (Phi) is 2.29. The molecule has 1 aliphatic heterocycles. The van der Waals surface area contributed by atoms with E-state index in [0.29, 0.717) is 5.02 Å². The maximum absolute atomic E-state index is 6.44. The summed E-state index contributed by atoms with van der Waals surface area (Å²) in [6.45, 7) is 8.53. The zero-order valence-corrected chi connectivity index (χ0v) is 13.3. The van der Waals surface area contributed by atoms with Crippen molar-refractivity contribution in [2.24, 2.45) is 4.99 Å². The molecule has 2 aromatic heterocycles. The molecule has 0 bridgehead atoms. The Morgan fingerprint density at radius 3 is 2.57 bits per heavy atom. The summed E-state index contributed by atoms with van der Waals surface area (Å²) in [5, 5.41) is 0.695. The zero-order valence-electron chi connectivity index (χ0n) is 12.5. The van der Waals surface area contributed by atoms with Gasteiger partial charge in [-0.2, -0.15) is 0 Å². The molecule has 0 fully saturated rings. The molecule has 4 heteroatoms. The second kappa shape index (κ2) is 3.72. The van der Waals surface area contributed by atoms with Crippen LogP contribution in [0.1, 0.15) is 55.8 Å². The first-order valence-electron chi connectivity index (χ1n) is 7.09. The highest BCUT2D eigenvalue weighted by atomic mass is 35.5. The standard InChI is InChI=1S/C17H16ClN3/c1-16(2)14-9(6-5-7-19-14)13-11-12(17(3,4)21-13)10(18)8-20-15(11)16/h5-8H,1-4H3. The first kappa shape index (κ1) is 13.0. The fraction of sp³-hybridized carbons (Fsp3) is 0.353. The SMILES string of the molecule is CC1(C)N=C2c3cccnc3C(C)(C)c3ncc(Cl)c1c32. The highest BCUT2D eigenvalue weighted by Crippen LogP contribution is 2.49. The smallest absolute Gasteiger partial charge is 0.0830 e. The van der Waals surface area contributed by atoms with Gasteiger partial charge >= 0.3 is 0 Å². The van der Waals surface area contributed by atoms with Crippen molar-refractivity contribution in [3.63, 3.8) is 0 Å². The lowest BCUT2D eigenvalue weighted by Gasteiger charge is -2.33. The maximum atomic E-state index is 6.44. The third-order valence-electron chi connectivity index (χ3n) is 4.52. The van der Waals surface area contributed by atoms with E-state index in [1.807, 2.05) is 12.3 Å². The zero-order chi connectivity index (χ0) is 15.0. The van der Waals surface area contributed by atoms with Gasteiger partial charge in [-0.3, -0.25) is 15.0 Å². The minimum Gasteiger partial charge on any atom is -0.273 e. The lowest BCUT2D eigenvalue weighted by atomic mass is 9.72. The Balaban J connectivity index is 2.19. The molecule has 3 heterocycles. The van der Waals surface area contributed by atoms with E-state index in [-0.39, 0.29) is 11.0 Å². The van der Waals surface area contributed by atoms with E-state index < -0.39 is 0 Å². The summed E-state index contributed by atoms with van der Waals surface area (Å²) in [5.41, 5.74) is 5.78. The molecular formula is C17H16ClN3. The molecule has 0 saturated carbocycles. The third-order valence-corrected chi connectivity index (χ3v) is 4.81. The van der Waals surface area contributed by atoms with E-state index in [0.717, 1.165) is 33.8 Å². The largest absolute Gasteiger partial charge is 0.273 e. The first-order valence-corrected chi connectivity index (χ1v) is 7.47. The Bertz CT molecular complexity index is 819. The van der Waals surface area contributed by atoms with Crippen LogP contribution in [-0.2, 0) is 11.0 Å². The summed E-state index contributed by atoms with van der Waals surface area (Å²) in [7, 11) is 0. The van der Waals surface area contributed by atoms with E-state index in [1.54, 1.807) is 6.20 Å². The molecule has 21 heavy (non-hydrogen) atoms. The van der Waals surface area contributed by atoms with Crippen molar-refractivity contribution in [3.05, 3.63) is 57.6 Å². The van der Waals surface area contributed by atoms with E-state index in [9.17, 15) is 0 Å². The van der Waals surface area contributed by atoms with Crippen molar-refractivity contribution >= 4 is 17.3 Å². The molecule has 106 valence electrons. The summed E-state index contributed by atoms with van der Waals surface area (Å²) >= 11 is 6.44. The molecule has 0 spiro atoms. The molecule has 0 unspecified atom stereocenters. The van der Waals surface area contributed by atoms with Gasteiger partial charge in [0.05, 0.1) is 33.1 Å². The highest BCUT2D eigenvalue weighted by Gasteiger charge is 2.46. The molecule has 2 aromatic rings. The van der Waals surface area contributed by atoms with Gasteiger partial charge in [-0.1, -0.05) is 11.6 Å². The summed E-state index contributed by atoms with van der Waals surface area (Å²) < 4.78 is 0. The van der Waals surface area contributed by atoms with E-state index in [2.05, 4.69) is 43.7 Å². The molecule has 0 saturated heterocycles. The van der Waals surface area contributed by atoms with Crippen LogP contribution in [0.25, 0.3) is 0 Å². The van der Waals surface area contributed by atoms with Crippen LogP contribution in [0, 0.1) is 0 Å². The monoisotopic (exact) mass is 297 g/mol. The molecule has 0 N–H and O–H groups in total. The van der Waals surface area contributed by atoms with Gasteiger partial charge in [0.1, 0.15) is 0 Å². The number of rotatable bonds is 0. The van der Waals surface area contributed by atoms with Crippen molar-refractivity contribution in [1.82, 2.24) is 9.97 Å². The average molecular weight is 298 g/mol.